The van der Waals surface area contributed by atoms with Crippen molar-refractivity contribution in [3.63, 3.8) is 0 Å². The molecule has 4 heterocycles. The molecule has 0 radical (unpaired) electrons. The molecular weight excluding hydrogens is 540 g/mol. The van der Waals surface area contributed by atoms with E-state index in [9.17, 15) is 17.2 Å². The van der Waals surface area contributed by atoms with Gasteiger partial charge in [-0.3, -0.25) is 4.98 Å². The number of rotatable bonds is 8. The highest BCUT2D eigenvalue weighted by molar-refractivity contribution is 7.90. The predicted octanol–water partition coefficient (Wildman–Crippen LogP) is 3.33. The molecule has 212 valence electrons. The topological polar surface area (TPSA) is 128 Å². The van der Waals surface area contributed by atoms with Gasteiger partial charge >= 0.3 is 0 Å². The Morgan fingerprint density at radius 2 is 1.90 bits per heavy atom. The van der Waals surface area contributed by atoms with Crippen LogP contribution in [0, 0.1) is 24.5 Å². The maximum absolute atomic E-state index is 14.7. The van der Waals surface area contributed by atoms with Gasteiger partial charge in [0.1, 0.15) is 21.5 Å². The van der Waals surface area contributed by atoms with E-state index < -0.39 is 21.5 Å². The number of anilines is 3. The highest BCUT2D eigenvalue weighted by atomic mass is 32.2. The summed E-state index contributed by atoms with van der Waals surface area (Å²) < 4.78 is 59.6. The van der Waals surface area contributed by atoms with Gasteiger partial charge in [-0.25, -0.2) is 22.2 Å². The Balaban J connectivity index is 1.39. The van der Waals surface area contributed by atoms with Crippen molar-refractivity contribution >= 4 is 32.7 Å². The summed E-state index contributed by atoms with van der Waals surface area (Å²) in [5, 5.41) is 7.73. The second-order valence-corrected chi connectivity index (χ2v) is 12.5. The number of ether oxygens (including phenoxy) is 1. The zero-order valence-electron chi connectivity index (χ0n) is 22.4. The maximum atomic E-state index is 14.7. The zero-order valence-corrected chi connectivity index (χ0v) is 23.2. The Labute approximate surface area is 231 Å². The van der Waals surface area contributed by atoms with Crippen LogP contribution in [-0.2, 0) is 14.6 Å². The molecule has 0 bridgehead atoms. The highest BCUT2D eigenvalue weighted by Gasteiger charge is 2.34. The van der Waals surface area contributed by atoms with E-state index in [0.717, 1.165) is 5.69 Å². The van der Waals surface area contributed by atoms with Gasteiger partial charge in [-0.05, 0) is 42.8 Å². The number of piperidine rings is 1. The van der Waals surface area contributed by atoms with Crippen molar-refractivity contribution in [1.82, 2.24) is 19.6 Å². The number of fused-ring (bicyclic) bond motifs is 1. The molecule has 3 N–H and O–H groups in total. The number of halogens is 2. The fourth-order valence-corrected chi connectivity index (χ4v) is 5.45. The molecule has 40 heavy (non-hydrogen) atoms. The van der Waals surface area contributed by atoms with E-state index in [2.05, 4.69) is 25.3 Å². The molecule has 0 amide bonds. The summed E-state index contributed by atoms with van der Waals surface area (Å²) >= 11 is 0. The van der Waals surface area contributed by atoms with Crippen molar-refractivity contribution in [2.75, 3.05) is 41.9 Å². The van der Waals surface area contributed by atoms with E-state index in [1.807, 2.05) is 13.0 Å². The van der Waals surface area contributed by atoms with E-state index in [0.29, 0.717) is 35.8 Å². The van der Waals surface area contributed by atoms with Gasteiger partial charge in [-0.15, -0.1) is 0 Å². The Kier molecular flexibility index (Phi) is 7.71. The van der Waals surface area contributed by atoms with Gasteiger partial charge in [0.25, 0.3) is 0 Å². The molecule has 0 unspecified atom stereocenters. The van der Waals surface area contributed by atoms with Crippen LogP contribution in [0.4, 0.5) is 26.1 Å². The van der Waals surface area contributed by atoms with Gasteiger partial charge in [-0.2, -0.15) is 9.61 Å². The Morgan fingerprint density at radius 3 is 2.60 bits per heavy atom. The minimum Gasteiger partial charge on any atom is -0.375 e. The van der Waals surface area contributed by atoms with E-state index in [1.54, 1.807) is 37.6 Å². The number of hydrogen-bond acceptors (Lipinski definition) is 9. The van der Waals surface area contributed by atoms with Crippen molar-refractivity contribution in [1.29, 1.82) is 0 Å². The lowest BCUT2D eigenvalue weighted by Gasteiger charge is -2.42. The first-order valence-electron chi connectivity index (χ1n) is 12.8. The SMILES string of the molecule is Cc1cc(F)c(-c2ccc3cnc(Nc4cnccc4N4C[C@@H](N)[C@@H](OCCS(C)(=O)=O)[C@@H](C)C4)n3n2)c(F)c1. The van der Waals surface area contributed by atoms with Crippen LogP contribution in [0.3, 0.4) is 0 Å². The van der Waals surface area contributed by atoms with E-state index in [1.165, 1.54) is 22.9 Å². The number of imidazole rings is 1. The molecule has 0 spiro atoms. The molecule has 3 aromatic heterocycles. The molecule has 3 atom stereocenters. The van der Waals surface area contributed by atoms with Gasteiger partial charge in [0, 0.05) is 37.5 Å². The molecule has 1 fully saturated rings. The lowest BCUT2D eigenvalue weighted by molar-refractivity contribution is 0.00183. The molecule has 1 aliphatic heterocycles. The lowest BCUT2D eigenvalue weighted by atomic mass is 9.92. The Bertz CT molecular complexity index is 1610. The average Bonchev–Trinajstić information content (AvgIpc) is 3.26. The average molecular weight is 572 g/mol. The van der Waals surface area contributed by atoms with Gasteiger partial charge in [-0.1, -0.05) is 6.92 Å². The van der Waals surface area contributed by atoms with Crippen LogP contribution in [0.5, 0.6) is 0 Å². The minimum atomic E-state index is -3.13. The van der Waals surface area contributed by atoms with E-state index in [-0.39, 0.29) is 41.7 Å². The maximum Gasteiger partial charge on any atom is 0.229 e. The molecule has 0 saturated carbocycles. The van der Waals surface area contributed by atoms with Crippen molar-refractivity contribution in [2.24, 2.45) is 11.7 Å². The summed E-state index contributed by atoms with van der Waals surface area (Å²) in [6.07, 6.45) is 5.84. The van der Waals surface area contributed by atoms with Crippen LogP contribution < -0.4 is 16.0 Å². The quantitative estimate of drug-likeness (QED) is 0.327. The van der Waals surface area contributed by atoms with E-state index in [4.69, 9.17) is 10.5 Å². The Hall–Kier alpha value is -3.68. The van der Waals surface area contributed by atoms with E-state index >= 15 is 0 Å². The Morgan fingerprint density at radius 1 is 1.15 bits per heavy atom. The molecule has 0 aliphatic carbocycles. The number of aromatic nitrogens is 4. The molecule has 5 rings (SSSR count). The van der Waals surface area contributed by atoms with Crippen molar-refractivity contribution in [2.45, 2.75) is 26.0 Å². The first kappa shape index (κ1) is 27.9. The smallest absolute Gasteiger partial charge is 0.229 e. The number of sulfone groups is 1. The number of nitrogens with one attached hydrogen (secondary N) is 1. The standard InChI is InChI=1S/C27H31F2N7O3S/c1-16-10-19(28)25(20(29)11-16)22-5-4-18-12-32-27(36(18)34-22)33-23-13-31-7-6-24(23)35-14-17(2)26(21(30)15-35)39-8-9-40(3,37)38/h4-7,10-13,17,21,26H,8-9,14-15,30H2,1-3H3,(H,32,33)/t17-,21+,26-/m0/s1. The van der Waals surface area contributed by atoms with Crippen LogP contribution >= 0.6 is 0 Å². The van der Waals surface area contributed by atoms with Gasteiger partial charge in [0.15, 0.2) is 0 Å². The van der Waals surface area contributed by atoms with Crippen LogP contribution in [0.2, 0.25) is 0 Å². The van der Waals surface area contributed by atoms with Crippen LogP contribution in [-0.4, -0.2) is 71.9 Å². The number of aryl methyl sites for hydroxylation is 1. The number of nitrogens with two attached hydrogens (primary N) is 1. The molecule has 10 nitrogen and oxygen atoms in total. The third-order valence-corrected chi connectivity index (χ3v) is 7.81. The summed E-state index contributed by atoms with van der Waals surface area (Å²) in [6.45, 7) is 4.83. The molecule has 1 saturated heterocycles. The van der Waals surface area contributed by atoms with Crippen molar-refractivity contribution < 1.29 is 21.9 Å². The largest absolute Gasteiger partial charge is 0.375 e. The highest BCUT2D eigenvalue weighted by Crippen LogP contribution is 2.32. The molecule has 13 heteroatoms. The second-order valence-electron chi connectivity index (χ2n) is 10.3. The fraction of sp³-hybridized carbons (Fsp3) is 0.370. The molecule has 1 aromatic carbocycles. The molecular formula is C27H31F2N7O3S. The van der Waals surface area contributed by atoms with Gasteiger partial charge in [0.05, 0.1) is 59.0 Å². The zero-order chi connectivity index (χ0) is 28.6. The van der Waals surface area contributed by atoms with Crippen LogP contribution in [0.25, 0.3) is 16.8 Å². The van der Waals surface area contributed by atoms with Gasteiger partial charge in [0.2, 0.25) is 5.95 Å². The summed E-state index contributed by atoms with van der Waals surface area (Å²) in [6, 6.07) is 7.30. The first-order chi connectivity index (χ1) is 19.0. The summed E-state index contributed by atoms with van der Waals surface area (Å²) in [5.41, 5.74) is 8.98. The summed E-state index contributed by atoms with van der Waals surface area (Å²) in [4.78, 5) is 10.8. The van der Waals surface area contributed by atoms with Crippen molar-refractivity contribution in [3.05, 3.63) is 66.1 Å². The van der Waals surface area contributed by atoms with Crippen LogP contribution in [0.15, 0.2) is 48.9 Å². The molecule has 1 aliphatic rings. The lowest BCUT2D eigenvalue weighted by Crippen LogP contribution is -2.57. The monoisotopic (exact) mass is 571 g/mol. The normalized spacial score (nSPS) is 19.8. The number of hydrogen-bond donors (Lipinski definition) is 2. The first-order valence-corrected chi connectivity index (χ1v) is 14.9. The second kappa shape index (κ2) is 11.1. The number of nitrogens with zero attached hydrogens (tertiary/aromatic N) is 5. The third kappa shape index (κ3) is 5.91. The van der Waals surface area contributed by atoms with Gasteiger partial charge < -0.3 is 20.7 Å². The predicted molar refractivity (Wildman–Crippen MR) is 149 cm³/mol. The third-order valence-electron chi connectivity index (χ3n) is 6.90. The fourth-order valence-electron chi connectivity index (χ4n) is 5.05. The number of pyridine rings is 1. The van der Waals surface area contributed by atoms with Crippen molar-refractivity contribution in [3.8, 4) is 11.3 Å². The number of benzene rings is 1. The summed E-state index contributed by atoms with van der Waals surface area (Å²) in [7, 11) is -3.13. The molecule has 4 aromatic rings. The van der Waals surface area contributed by atoms with Crippen LogP contribution in [0.1, 0.15) is 12.5 Å². The minimum absolute atomic E-state index is 0.0279. The summed E-state index contributed by atoms with van der Waals surface area (Å²) in [5.74, 6) is -1.07.